The number of aliphatic imine (C=N–C) groups is 1. The molecule has 0 saturated heterocycles. The molecular weight excluding hydrogens is 358 g/mol. The van der Waals surface area contributed by atoms with Crippen molar-refractivity contribution < 1.29 is 8.42 Å². The molecule has 0 amide bonds. The van der Waals surface area contributed by atoms with Crippen LogP contribution >= 0.6 is 0 Å². The molecule has 0 heterocycles. The van der Waals surface area contributed by atoms with Gasteiger partial charge in [0.2, 0.25) is 0 Å². The number of hydrogen-bond acceptors (Lipinski definition) is 3. The Bertz CT molecular complexity index is 864. The average molecular weight is 388 g/mol. The Balaban J connectivity index is 2.06. The Labute approximate surface area is 162 Å². The molecule has 6 heteroatoms. The maximum absolute atomic E-state index is 12.7. The zero-order valence-electron chi connectivity index (χ0n) is 16.4. The van der Waals surface area contributed by atoms with Crippen molar-refractivity contribution in [2.75, 3.05) is 12.8 Å². The number of rotatable bonds is 7. The molecule has 27 heavy (non-hydrogen) atoms. The third-order valence-corrected chi connectivity index (χ3v) is 6.42. The van der Waals surface area contributed by atoms with Crippen molar-refractivity contribution in [2.45, 2.75) is 44.2 Å². The fourth-order valence-corrected chi connectivity index (χ4v) is 4.58. The molecule has 2 unspecified atom stereocenters. The van der Waals surface area contributed by atoms with Crippen molar-refractivity contribution in [2.24, 2.45) is 4.99 Å². The first-order valence-electron chi connectivity index (χ1n) is 9.20. The van der Waals surface area contributed by atoms with Crippen LogP contribution in [0.1, 0.15) is 37.4 Å². The molecule has 146 valence electrons. The van der Waals surface area contributed by atoms with Crippen LogP contribution < -0.4 is 10.6 Å². The minimum absolute atomic E-state index is 0.0208. The van der Waals surface area contributed by atoms with E-state index in [0.29, 0.717) is 17.3 Å². The first-order chi connectivity index (χ1) is 12.9. The molecule has 0 saturated carbocycles. The minimum Gasteiger partial charge on any atom is -0.353 e. The van der Waals surface area contributed by atoms with Gasteiger partial charge in [0.15, 0.2) is 15.8 Å². The Morgan fingerprint density at radius 1 is 1.04 bits per heavy atom. The van der Waals surface area contributed by atoms with Gasteiger partial charge in [0.1, 0.15) is 0 Å². The predicted octanol–water partition coefficient (Wildman–Crippen LogP) is 3.47. The molecule has 0 aliphatic rings. The normalized spacial score (nSPS) is 14.4. The molecule has 2 N–H and O–H groups in total. The molecule has 0 radical (unpaired) electrons. The predicted molar refractivity (Wildman–Crippen MR) is 112 cm³/mol. The van der Waals surface area contributed by atoms with Gasteiger partial charge in [0.05, 0.1) is 16.7 Å². The molecule has 0 aliphatic heterocycles. The summed E-state index contributed by atoms with van der Waals surface area (Å²) in [6.07, 6.45) is 0.672. The number of sulfone groups is 1. The van der Waals surface area contributed by atoms with Crippen LogP contribution in [0.2, 0.25) is 0 Å². The summed E-state index contributed by atoms with van der Waals surface area (Å²) in [7, 11) is -1.67. The van der Waals surface area contributed by atoms with Gasteiger partial charge >= 0.3 is 0 Å². The Morgan fingerprint density at radius 3 is 2.26 bits per heavy atom. The van der Waals surface area contributed by atoms with Crippen LogP contribution in [0.25, 0.3) is 0 Å². The number of nitrogens with one attached hydrogen (secondary N) is 2. The van der Waals surface area contributed by atoms with E-state index in [4.69, 9.17) is 0 Å². The van der Waals surface area contributed by atoms with E-state index in [-0.39, 0.29) is 17.8 Å². The Morgan fingerprint density at radius 2 is 1.67 bits per heavy atom. The quantitative estimate of drug-likeness (QED) is 0.564. The summed E-state index contributed by atoms with van der Waals surface area (Å²) in [6, 6.07) is 16.6. The zero-order chi connectivity index (χ0) is 19.9. The van der Waals surface area contributed by atoms with E-state index in [1.165, 1.54) is 11.1 Å². The van der Waals surface area contributed by atoms with Crippen molar-refractivity contribution in [3.8, 4) is 0 Å². The van der Waals surface area contributed by atoms with E-state index < -0.39 is 9.84 Å². The number of nitrogens with zero attached hydrogens (tertiary/aromatic N) is 1. The maximum atomic E-state index is 12.7. The lowest BCUT2D eigenvalue weighted by Gasteiger charge is -2.24. The highest BCUT2D eigenvalue weighted by Gasteiger charge is 2.21. The highest BCUT2D eigenvalue weighted by molar-refractivity contribution is 7.91. The summed E-state index contributed by atoms with van der Waals surface area (Å²) in [4.78, 5) is 4.62. The highest BCUT2D eigenvalue weighted by atomic mass is 32.2. The van der Waals surface area contributed by atoms with Gasteiger partial charge in [-0.05, 0) is 43.5 Å². The molecule has 2 atom stereocenters. The van der Waals surface area contributed by atoms with Gasteiger partial charge in [0.25, 0.3) is 0 Å². The minimum atomic E-state index is -3.36. The van der Waals surface area contributed by atoms with Gasteiger partial charge in [0, 0.05) is 13.1 Å². The second-order valence-corrected chi connectivity index (χ2v) is 8.67. The van der Waals surface area contributed by atoms with Crippen LogP contribution in [0, 0.1) is 6.92 Å². The third-order valence-electron chi connectivity index (χ3n) is 4.59. The van der Waals surface area contributed by atoms with E-state index in [0.717, 1.165) is 0 Å². The maximum Gasteiger partial charge on any atom is 0.191 e. The first kappa shape index (κ1) is 21.0. The molecule has 2 aromatic rings. The second kappa shape index (κ2) is 9.55. The highest BCUT2D eigenvalue weighted by Crippen LogP contribution is 2.17. The molecule has 0 spiro atoms. The van der Waals surface area contributed by atoms with Crippen molar-refractivity contribution in [1.29, 1.82) is 0 Å². The molecule has 2 rings (SSSR count). The molecule has 0 aliphatic carbocycles. The molecule has 5 nitrogen and oxygen atoms in total. The van der Waals surface area contributed by atoms with Crippen LogP contribution in [0.4, 0.5) is 0 Å². The fraction of sp³-hybridized carbons (Fsp3) is 0.381. The summed E-state index contributed by atoms with van der Waals surface area (Å²) in [5.41, 5.74) is 2.39. The molecule has 0 aromatic heterocycles. The van der Waals surface area contributed by atoms with Crippen molar-refractivity contribution in [1.82, 2.24) is 10.6 Å². The number of guanidine groups is 1. The van der Waals surface area contributed by atoms with E-state index in [1.54, 1.807) is 31.3 Å². The summed E-state index contributed by atoms with van der Waals surface area (Å²) in [5.74, 6) is 0.619. The van der Waals surface area contributed by atoms with Gasteiger partial charge in [-0.1, -0.05) is 49.4 Å². The summed E-state index contributed by atoms with van der Waals surface area (Å²) in [5, 5.41) is 6.62. The van der Waals surface area contributed by atoms with Crippen molar-refractivity contribution in [3.63, 3.8) is 0 Å². The first-order valence-corrected chi connectivity index (χ1v) is 10.9. The molecule has 2 aromatic carbocycles. The Hall–Kier alpha value is -2.34. The van der Waals surface area contributed by atoms with Crippen LogP contribution in [0.15, 0.2) is 64.5 Å². The smallest absolute Gasteiger partial charge is 0.191 e. The molecule has 0 fully saturated rings. The second-order valence-electron chi connectivity index (χ2n) is 6.64. The lowest BCUT2D eigenvalue weighted by atomic mass is 10.0. The lowest BCUT2D eigenvalue weighted by molar-refractivity contribution is 0.564. The van der Waals surface area contributed by atoms with E-state index in [1.807, 2.05) is 25.1 Å². The van der Waals surface area contributed by atoms with E-state index in [2.05, 4.69) is 41.6 Å². The number of hydrogen-bond donors (Lipinski definition) is 2. The molecular formula is C21H29N3O2S. The van der Waals surface area contributed by atoms with Gasteiger partial charge < -0.3 is 10.6 Å². The largest absolute Gasteiger partial charge is 0.353 e. The SMILES string of the molecule is CCC(CS(=O)(=O)c1ccccc1)NC(=NC)NC(C)c1ccccc1C. The van der Waals surface area contributed by atoms with Gasteiger partial charge in [-0.25, -0.2) is 8.42 Å². The lowest BCUT2D eigenvalue weighted by Crippen LogP contribution is -2.46. The van der Waals surface area contributed by atoms with Crippen molar-refractivity contribution in [3.05, 3.63) is 65.7 Å². The summed E-state index contributed by atoms with van der Waals surface area (Å²) in [6.45, 7) is 6.11. The van der Waals surface area contributed by atoms with E-state index >= 15 is 0 Å². The van der Waals surface area contributed by atoms with Crippen LogP contribution in [0.5, 0.6) is 0 Å². The standard InChI is InChI=1S/C21H29N3O2S/c1-5-18(15-27(25,26)19-12-7-6-8-13-19)24-21(22-4)23-17(3)20-14-10-9-11-16(20)2/h6-14,17-18H,5,15H2,1-4H3,(H2,22,23,24). The van der Waals surface area contributed by atoms with Crippen LogP contribution in [-0.4, -0.2) is 33.2 Å². The van der Waals surface area contributed by atoms with E-state index in [9.17, 15) is 8.42 Å². The topological polar surface area (TPSA) is 70.6 Å². The van der Waals surface area contributed by atoms with Gasteiger partial charge in [-0.3, -0.25) is 4.99 Å². The monoisotopic (exact) mass is 387 g/mol. The van der Waals surface area contributed by atoms with Crippen LogP contribution in [-0.2, 0) is 9.84 Å². The number of benzene rings is 2. The van der Waals surface area contributed by atoms with Crippen molar-refractivity contribution >= 4 is 15.8 Å². The average Bonchev–Trinajstić information content (AvgIpc) is 2.67. The zero-order valence-corrected chi connectivity index (χ0v) is 17.3. The summed E-state index contributed by atoms with van der Waals surface area (Å²) < 4.78 is 25.3. The van der Waals surface area contributed by atoms with Gasteiger partial charge in [-0.15, -0.1) is 0 Å². The summed E-state index contributed by atoms with van der Waals surface area (Å²) >= 11 is 0. The Kier molecular flexibility index (Phi) is 7.42. The van der Waals surface area contributed by atoms with Gasteiger partial charge in [-0.2, -0.15) is 0 Å². The molecule has 0 bridgehead atoms. The fourth-order valence-electron chi connectivity index (χ4n) is 2.97. The third kappa shape index (κ3) is 5.82. The number of aryl methyl sites for hydroxylation is 1. The van der Waals surface area contributed by atoms with Crippen LogP contribution in [0.3, 0.4) is 0 Å².